The maximum absolute atomic E-state index is 13.2. The van der Waals surface area contributed by atoms with E-state index in [1.165, 1.54) is 14.0 Å². The molecule has 122 valence electrons. The van der Waals surface area contributed by atoms with Crippen molar-refractivity contribution in [3.8, 4) is 5.75 Å². The van der Waals surface area contributed by atoms with Gasteiger partial charge in [0.05, 0.1) is 11.6 Å². The number of halogens is 3. The molecule has 1 aromatic rings. The van der Waals surface area contributed by atoms with E-state index < -0.39 is 36.1 Å². The average molecular weight is 320 g/mol. The van der Waals surface area contributed by atoms with Gasteiger partial charge in [0.25, 0.3) is 0 Å². The minimum Gasteiger partial charge on any atom is -0.481 e. The second kappa shape index (κ2) is 7.53. The number of hydrogen-bond donors (Lipinski definition) is 2. The molecule has 0 aliphatic rings. The summed E-state index contributed by atoms with van der Waals surface area (Å²) in [5, 5.41) is 11.0. The second-order valence-electron chi connectivity index (χ2n) is 4.57. The van der Waals surface area contributed by atoms with E-state index in [1.54, 1.807) is 0 Å². The molecular weight excluding hydrogens is 305 g/mol. The molecule has 0 aromatic heterocycles. The SMILES string of the molecule is CC(CN(C)C(=O)Nc1cc(F)ccc1OC(F)F)C(=O)O. The van der Waals surface area contributed by atoms with Crippen LogP contribution in [0.2, 0.25) is 0 Å². The van der Waals surface area contributed by atoms with Crippen molar-refractivity contribution in [2.45, 2.75) is 13.5 Å². The third kappa shape index (κ3) is 5.15. The number of aliphatic carboxylic acids is 1. The fourth-order valence-electron chi connectivity index (χ4n) is 1.58. The molecule has 0 fully saturated rings. The van der Waals surface area contributed by atoms with Gasteiger partial charge in [-0.15, -0.1) is 0 Å². The summed E-state index contributed by atoms with van der Waals surface area (Å²) in [4.78, 5) is 23.6. The lowest BCUT2D eigenvalue weighted by atomic mass is 10.2. The van der Waals surface area contributed by atoms with E-state index in [4.69, 9.17) is 5.11 Å². The number of alkyl halides is 2. The Balaban J connectivity index is 2.82. The molecule has 0 saturated heterocycles. The van der Waals surface area contributed by atoms with Gasteiger partial charge in [0, 0.05) is 19.7 Å². The zero-order valence-electron chi connectivity index (χ0n) is 11.8. The van der Waals surface area contributed by atoms with Crippen molar-refractivity contribution in [2.24, 2.45) is 5.92 Å². The monoisotopic (exact) mass is 320 g/mol. The van der Waals surface area contributed by atoms with Gasteiger partial charge in [-0.25, -0.2) is 9.18 Å². The number of amides is 2. The first-order valence-corrected chi connectivity index (χ1v) is 6.20. The van der Waals surface area contributed by atoms with Crippen LogP contribution < -0.4 is 10.1 Å². The van der Waals surface area contributed by atoms with Crippen molar-refractivity contribution < 1.29 is 32.6 Å². The molecule has 0 bridgehead atoms. The topological polar surface area (TPSA) is 78.9 Å². The molecule has 0 saturated carbocycles. The lowest BCUT2D eigenvalue weighted by molar-refractivity contribution is -0.141. The Morgan fingerprint density at radius 1 is 1.41 bits per heavy atom. The highest BCUT2D eigenvalue weighted by Gasteiger charge is 2.19. The van der Waals surface area contributed by atoms with E-state index in [0.29, 0.717) is 0 Å². The molecule has 9 heteroatoms. The van der Waals surface area contributed by atoms with E-state index in [0.717, 1.165) is 23.1 Å². The van der Waals surface area contributed by atoms with Crippen LogP contribution in [0.4, 0.5) is 23.7 Å². The number of rotatable bonds is 6. The molecular formula is C13H15F3N2O4. The molecule has 2 N–H and O–H groups in total. The minimum absolute atomic E-state index is 0.110. The predicted octanol–water partition coefficient (Wildman–Crippen LogP) is 2.61. The summed E-state index contributed by atoms with van der Waals surface area (Å²) in [5.41, 5.74) is -0.278. The number of carboxylic acid groups (broad SMARTS) is 1. The van der Waals surface area contributed by atoms with Crippen molar-refractivity contribution in [2.75, 3.05) is 18.9 Å². The number of anilines is 1. The van der Waals surface area contributed by atoms with Crippen LogP contribution in [-0.4, -0.2) is 42.2 Å². The highest BCUT2D eigenvalue weighted by Crippen LogP contribution is 2.27. The van der Waals surface area contributed by atoms with E-state index in [1.807, 2.05) is 0 Å². The smallest absolute Gasteiger partial charge is 0.387 e. The molecule has 1 rings (SSSR count). The number of carboxylic acids is 1. The van der Waals surface area contributed by atoms with Crippen LogP contribution in [0.5, 0.6) is 5.75 Å². The normalized spacial score (nSPS) is 11.9. The Kier molecular flexibility index (Phi) is 6.02. The number of benzene rings is 1. The van der Waals surface area contributed by atoms with Crippen LogP contribution in [0.25, 0.3) is 0 Å². The molecule has 0 aliphatic carbocycles. The Hall–Kier alpha value is -2.45. The standard InChI is InChI=1S/C13H15F3N2O4/c1-7(11(19)20)6-18(2)13(21)17-9-5-8(14)3-4-10(9)22-12(15)16/h3-5,7,12H,6H2,1-2H3,(H,17,21)(H,19,20). The van der Waals surface area contributed by atoms with Gasteiger partial charge in [0.1, 0.15) is 11.6 Å². The highest BCUT2D eigenvalue weighted by atomic mass is 19.3. The molecule has 2 amide bonds. The third-order valence-corrected chi connectivity index (χ3v) is 2.72. The third-order valence-electron chi connectivity index (χ3n) is 2.72. The summed E-state index contributed by atoms with van der Waals surface area (Å²) >= 11 is 0. The zero-order chi connectivity index (χ0) is 16.9. The van der Waals surface area contributed by atoms with Crippen molar-refractivity contribution in [3.63, 3.8) is 0 Å². The first-order chi connectivity index (χ1) is 10.2. The van der Waals surface area contributed by atoms with Crippen molar-refractivity contribution in [1.82, 2.24) is 4.90 Å². The first kappa shape index (κ1) is 17.6. The molecule has 22 heavy (non-hydrogen) atoms. The summed E-state index contributed by atoms with van der Waals surface area (Å²) in [6, 6.07) is 1.91. The predicted molar refractivity (Wildman–Crippen MR) is 71.5 cm³/mol. The zero-order valence-corrected chi connectivity index (χ0v) is 11.8. The maximum atomic E-state index is 13.2. The van der Waals surface area contributed by atoms with Crippen LogP contribution in [-0.2, 0) is 4.79 Å². The lowest BCUT2D eigenvalue weighted by Crippen LogP contribution is -2.36. The quantitative estimate of drug-likeness (QED) is 0.844. The lowest BCUT2D eigenvalue weighted by Gasteiger charge is -2.21. The summed E-state index contributed by atoms with van der Waals surface area (Å²) < 4.78 is 41.8. The number of carbonyl (C=O) groups is 2. The van der Waals surface area contributed by atoms with Gasteiger partial charge in [-0.3, -0.25) is 4.79 Å². The van der Waals surface area contributed by atoms with Gasteiger partial charge in [0.15, 0.2) is 0 Å². The molecule has 6 nitrogen and oxygen atoms in total. The number of hydrogen-bond acceptors (Lipinski definition) is 3. The van der Waals surface area contributed by atoms with Gasteiger partial charge in [-0.2, -0.15) is 8.78 Å². The highest BCUT2D eigenvalue weighted by molar-refractivity contribution is 5.91. The van der Waals surface area contributed by atoms with Crippen LogP contribution in [0, 0.1) is 11.7 Å². The van der Waals surface area contributed by atoms with E-state index >= 15 is 0 Å². The second-order valence-corrected chi connectivity index (χ2v) is 4.57. The molecule has 1 unspecified atom stereocenters. The van der Waals surface area contributed by atoms with E-state index in [-0.39, 0.29) is 12.2 Å². The van der Waals surface area contributed by atoms with Crippen LogP contribution in [0.3, 0.4) is 0 Å². The van der Waals surface area contributed by atoms with Gasteiger partial charge in [-0.1, -0.05) is 6.92 Å². The molecule has 1 atom stereocenters. The van der Waals surface area contributed by atoms with Crippen LogP contribution in [0.15, 0.2) is 18.2 Å². The number of urea groups is 1. The summed E-state index contributed by atoms with van der Waals surface area (Å²) in [6.07, 6.45) is 0. The summed E-state index contributed by atoms with van der Waals surface area (Å²) in [7, 11) is 1.32. The number of carbonyl (C=O) groups excluding carboxylic acids is 1. The molecule has 0 aliphatic heterocycles. The van der Waals surface area contributed by atoms with E-state index in [2.05, 4.69) is 10.1 Å². The molecule has 0 radical (unpaired) electrons. The average Bonchev–Trinajstić information content (AvgIpc) is 2.41. The molecule has 0 spiro atoms. The van der Waals surface area contributed by atoms with Gasteiger partial charge >= 0.3 is 18.6 Å². The largest absolute Gasteiger partial charge is 0.481 e. The Morgan fingerprint density at radius 2 is 2.05 bits per heavy atom. The van der Waals surface area contributed by atoms with Gasteiger partial charge in [-0.05, 0) is 12.1 Å². The van der Waals surface area contributed by atoms with Crippen molar-refractivity contribution in [1.29, 1.82) is 0 Å². The number of ether oxygens (including phenoxy) is 1. The summed E-state index contributed by atoms with van der Waals surface area (Å²) in [5.74, 6) is -3.06. The summed E-state index contributed by atoms with van der Waals surface area (Å²) in [6.45, 7) is -1.84. The van der Waals surface area contributed by atoms with E-state index in [9.17, 15) is 22.8 Å². The van der Waals surface area contributed by atoms with Gasteiger partial charge < -0.3 is 20.1 Å². The molecule has 0 heterocycles. The van der Waals surface area contributed by atoms with Crippen LogP contribution in [0.1, 0.15) is 6.92 Å². The number of nitrogens with zero attached hydrogens (tertiary/aromatic N) is 1. The Morgan fingerprint density at radius 3 is 2.59 bits per heavy atom. The van der Waals surface area contributed by atoms with Crippen molar-refractivity contribution >= 4 is 17.7 Å². The van der Waals surface area contributed by atoms with Gasteiger partial charge in [0.2, 0.25) is 0 Å². The Labute approximate surface area is 124 Å². The first-order valence-electron chi connectivity index (χ1n) is 6.20. The molecule has 1 aromatic carbocycles. The fraction of sp³-hybridized carbons (Fsp3) is 0.385. The van der Waals surface area contributed by atoms with Crippen LogP contribution >= 0.6 is 0 Å². The number of nitrogens with one attached hydrogen (secondary N) is 1. The maximum Gasteiger partial charge on any atom is 0.387 e. The Bertz CT molecular complexity index is 554. The fourth-order valence-corrected chi connectivity index (χ4v) is 1.58. The minimum atomic E-state index is -3.13. The van der Waals surface area contributed by atoms with Crippen molar-refractivity contribution in [3.05, 3.63) is 24.0 Å².